The first kappa shape index (κ1) is 12.7. The van der Waals surface area contributed by atoms with Crippen molar-refractivity contribution in [3.8, 4) is 0 Å². The van der Waals surface area contributed by atoms with Crippen LogP contribution in [0.2, 0.25) is 0 Å². The van der Waals surface area contributed by atoms with Gasteiger partial charge in [0, 0.05) is 31.2 Å². The van der Waals surface area contributed by atoms with E-state index in [1.807, 2.05) is 43.3 Å². The van der Waals surface area contributed by atoms with Gasteiger partial charge in [0.05, 0.1) is 6.20 Å². The largest absolute Gasteiger partial charge is 0.276 e. The van der Waals surface area contributed by atoms with Crippen LogP contribution in [-0.4, -0.2) is 14.8 Å². The van der Waals surface area contributed by atoms with Crippen molar-refractivity contribution in [1.29, 1.82) is 0 Å². The lowest BCUT2D eigenvalue weighted by molar-refractivity contribution is 0.515. The quantitative estimate of drug-likeness (QED) is 0.614. The molecule has 2 aromatic heterocycles. The molecular formula is C13H19N5. The Morgan fingerprint density at radius 1 is 1.50 bits per heavy atom. The van der Waals surface area contributed by atoms with E-state index in [-0.39, 0.29) is 6.04 Å². The lowest BCUT2D eigenvalue weighted by Crippen LogP contribution is -2.28. The highest BCUT2D eigenvalue weighted by Gasteiger charge is 2.10. The first-order valence-electron chi connectivity index (χ1n) is 6.05. The predicted molar refractivity (Wildman–Crippen MR) is 70.6 cm³/mol. The van der Waals surface area contributed by atoms with Gasteiger partial charge in [0.2, 0.25) is 0 Å². The van der Waals surface area contributed by atoms with Crippen LogP contribution in [0.1, 0.15) is 29.3 Å². The molecule has 3 N–H and O–H groups in total. The molecule has 5 nitrogen and oxygen atoms in total. The molecule has 0 radical (unpaired) electrons. The summed E-state index contributed by atoms with van der Waals surface area (Å²) in [4.78, 5) is 4.20. The Morgan fingerprint density at radius 2 is 2.33 bits per heavy atom. The molecule has 2 rings (SSSR count). The van der Waals surface area contributed by atoms with Crippen LogP contribution in [0.3, 0.4) is 0 Å². The zero-order chi connectivity index (χ0) is 13.0. The monoisotopic (exact) mass is 245 g/mol. The Labute approximate surface area is 107 Å². The van der Waals surface area contributed by atoms with Crippen LogP contribution in [0.15, 0.2) is 30.7 Å². The van der Waals surface area contributed by atoms with Crippen molar-refractivity contribution in [2.75, 3.05) is 0 Å². The van der Waals surface area contributed by atoms with Gasteiger partial charge in [-0.15, -0.1) is 0 Å². The minimum absolute atomic E-state index is 0.145. The van der Waals surface area contributed by atoms with Gasteiger partial charge in [-0.05, 0) is 43.0 Å². The van der Waals surface area contributed by atoms with E-state index in [4.69, 9.17) is 5.84 Å². The lowest BCUT2D eigenvalue weighted by Gasteiger charge is -2.16. The van der Waals surface area contributed by atoms with E-state index in [9.17, 15) is 0 Å². The van der Waals surface area contributed by atoms with Crippen molar-refractivity contribution in [3.63, 3.8) is 0 Å². The number of aryl methyl sites for hydroxylation is 3. The summed E-state index contributed by atoms with van der Waals surface area (Å²) >= 11 is 0. The van der Waals surface area contributed by atoms with Gasteiger partial charge in [0.1, 0.15) is 0 Å². The second-order valence-electron chi connectivity index (χ2n) is 4.51. The molecule has 0 aliphatic heterocycles. The van der Waals surface area contributed by atoms with E-state index in [0.29, 0.717) is 0 Å². The zero-order valence-electron chi connectivity index (χ0n) is 10.8. The van der Waals surface area contributed by atoms with Crippen molar-refractivity contribution in [2.45, 2.75) is 25.8 Å². The normalized spacial score (nSPS) is 12.6. The van der Waals surface area contributed by atoms with Crippen molar-refractivity contribution >= 4 is 0 Å². The molecule has 0 aromatic carbocycles. The zero-order valence-corrected chi connectivity index (χ0v) is 10.8. The third-order valence-electron chi connectivity index (χ3n) is 3.00. The number of hydrazine groups is 1. The van der Waals surface area contributed by atoms with Gasteiger partial charge in [0.25, 0.3) is 0 Å². The number of hydrogen-bond acceptors (Lipinski definition) is 4. The number of pyridine rings is 1. The maximum atomic E-state index is 5.63. The molecule has 0 fully saturated rings. The highest BCUT2D eigenvalue weighted by molar-refractivity contribution is 5.19. The van der Waals surface area contributed by atoms with E-state index in [0.717, 1.165) is 18.5 Å². The number of nitrogens with one attached hydrogen (secondary N) is 1. The Kier molecular flexibility index (Phi) is 4.07. The smallest absolute Gasteiger partial charge is 0.0521 e. The van der Waals surface area contributed by atoms with Crippen LogP contribution < -0.4 is 11.3 Å². The number of hydrogen-bond donors (Lipinski definition) is 2. The molecule has 0 amide bonds. The van der Waals surface area contributed by atoms with Crippen LogP contribution in [-0.2, 0) is 13.5 Å². The van der Waals surface area contributed by atoms with E-state index in [1.54, 1.807) is 0 Å². The van der Waals surface area contributed by atoms with E-state index in [1.165, 1.54) is 11.1 Å². The van der Waals surface area contributed by atoms with Crippen LogP contribution >= 0.6 is 0 Å². The predicted octanol–water partition coefficient (Wildman–Crippen LogP) is 1.26. The fraction of sp³-hybridized carbons (Fsp3) is 0.385. The minimum atomic E-state index is 0.145. The Bertz CT molecular complexity index is 506. The summed E-state index contributed by atoms with van der Waals surface area (Å²) in [5.41, 5.74) is 6.28. The van der Waals surface area contributed by atoms with Crippen LogP contribution in [0.4, 0.5) is 0 Å². The van der Waals surface area contributed by atoms with Crippen molar-refractivity contribution in [2.24, 2.45) is 12.9 Å². The van der Waals surface area contributed by atoms with Crippen LogP contribution in [0.25, 0.3) is 0 Å². The molecule has 0 aliphatic carbocycles. The topological polar surface area (TPSA) is 68.8 Å². The summed E-state index contributed by atoms with van der Waals surface area (Å²) in [5.74, 6) is 5.63. The molecule has 5 heteroatoms. The average molecular weight is 245 g/mol. The summed E-state index contributed by atoms with van der Waals surface area (Å²) < 4.78 is 1.82. The Hall–Kier alpha value is -1.72. The highest BCUT2D eigenvalue weighted by Crippen LogP contribution is 2.18. The summed E-state index contributed by atoms with van der Waals surface area (Å²) in [6, 6.07) is 4.21. The third kappa shape index (κ3) is 3.15. The van der Waals surface area contributed by atoms with E-state index < -0.39 is 0 Å². The number of nitrogens with two attached hydrogens (primary N) is 1. The maximum absolute atomic E-state index is 5.63. The van der Waals surface area contributed by atoms with Crippen LogP contribution in [0.5, 0.6) is 0 Å². The van der Waals surface area contributed by atoms with E-state index in [2.05, 4.69) is 21.6 Å². The molecule has 96 valence electrons. The molecule has 0 spiro atoms. The SMILES string of the molecule is Cc1cc(C(CCc2cnn(C)c2)NN)ccn1. The second kappa shape index (κ2) is 5.75. The van der Waals surface area contributed by atoms with Gasteiger partial charge in [-0.3, -0.25) is 20.9 Å². The van der Waals surface area contributed by atoms with Gasteiger partial charge in [-0.2, -0.15) is 5.10 Å². The number of aromatic nitrogens is 3. The number of rotatable bonds is 5. The second-order valence-corrected chi connectivity index (χ2v) is 4.51. The van der Waals surface area contributed by atoms with Gasteiger partial charge in [-0.1, -0.05) is 0 Å². The summed E-state index contributed by atoms with van der Waals surface area (Å²) in [7, 11) is 1.92. The van der Waals surface area contributed by atoms with Gasteiger partial charge in [0.15, 0.2) is 0 Å². The Morgan fingerprint density at radius 3 is 2.94 bits per heavy atom. The average Bonchev–Trinajstić information content (AvgIpc) is 2.76. The standard InChI is InChI=1S/C13H19N5/c1-10-7-12(5-6-15-10)13(17-14)4-3-11-8-16-18(2)9-11/h5-9,13,17H,3-4,14H2,1-2H3. The molecular weight excluding hydrogens is 226 g/mol. The molecule has 0 saturated carbocycles. The molecule has 0 saturated heterocycles. The lowest BCUT2D eigenvalue weighted by atomic mass is 10.0. The third-order valence-corrected chi connectivity index (χ3v) is 3.00. The number of nitrogens with zero attached hydrogens (tertiary/aromatic N) is 3. The van der Waals surface area contributed by atoms with Gasteiger partial charge >= 0.3 is 0 Å². The van der Waals surface area contributed by atoms with Crippen molar-refractivity contribution in [3.05, 3.63) is 47.5 Å². The Balaban J connectivity index is 2.01. The summed E-state index contributed by atoms with van der Waals surface area (Å²) in [6.45, 7) is 1.98. The van der Waals surface area contributed by atoms with Crippen LogP contribution in [0, 0.1) is 6.92 Å². The first-order chi connectivity index (χ1) is 8.69. The van der Waals surface area contributed by atoms with Crippen molar-refractivity contribution in [1.82, 2.24) is 20.2 Å². The first-order valence-corrected chi connectivity index (χ1v) is 6.05. The maximum Gasteiger partial charge on any atom is 0.0521 e. The molecule has 2 aromatic rings. The molecule has 18 heavy (non-hydrogen) atoms. The minimum Gasteiger partial charge on any atom is -0.276 e. The van der Waals surface area contributed by atoms with Gasteiger partial charge < -0.3 is 0 Å². The van der Waals surface area contributed by atoms with Crippen molar-refractivity contribution < 1.29 is 0 Å². The fourth-order valence-electron chi connectivity index (χ4n) is 2.04. The summed E-state index contributed by atoms with van der Waals surface area (Å²) in [5, 5.41) is 4.16. The van der Waals surface area contributed by atoms with E-state index >= 15 is 0 Å². The summed E-state index contributed by atoms with van der Waals surface area (Å²) in [6.07, 6.45) is 7.63. The van der Waals surface area contributed by atoms with Gasteiger partial charge in [-0.25, -0.2) is 0 Å². The molecule has 1 atom stereocenters. The molecule has 1 unspecified atom stereocenters. The highest BCUT2D eigenvalue weighted by atomic mass is 15.2. The molecule has 2 heterocycles. The molecule has 0 aliphatic rings. The molecule has 0 bridgehead atoms. The fourth-order valence-corrected chi connectivity index (χ4v) is 2.04.